The first-order valence-corrected chi connectivity index (χ1v) is 8.94. The van der Waals surface area contributed by atoms with Crippen LogP contribution in [0.1, 0.15) is 42.3 Å². The fourth-order valence-electron chi connectivity index (χ4n) is 2.72. The molecule has 3 heteroatoms. The smallest absolute Gasteiger partial charge is 0.338 e. The van der Waals surface area contributed by atoms with Crippen LogP contribution in [0.4, 0.5) is 0 Å². The largest absolute Gasteiger partial charge is 0.489 e. The minimum atomic E-state index is -0.302. The fraction of sp³-hybridized carbons (Fsp3) is 0.208. The van der Waals surface area contributed by atoms with Gasteiger partial charge in [0, 0.05) is 5.56 Å². The quantitative estimate of drug-likeness (QED) is 0.455. The maximum Gasteiger partial charge on any atom is 0.338 e. The molecule has 0 amide bonds. The molecule has 0 saturated heterocycles. The lowest BCUT2D eigenvalue weighted by molar-refractivity contribution is 0.0378. The van der Waals surface area contributed by atoms with Gasteiger partial charge >= 0.3 is 5.97 Å². The summed E-state index contributed by atoms with van der Waals surface area (Å²) in [5.74, 6) is 6.40. The van der Waals surface area contributed by atoms with E-state index in [9.17, 15) is 4.79 Å². The minimum Gasteiger partial charge on any atom is -0.489 e. The molecule has 0 aliphatic carbocycles. The Labute approximate surface area is 159 Å². The van der Waals surface area contributed by atoms with Crippen molar-refractivity contribution in [3.63, 3.8) is 0 Å². The van der Waals surface area contributed by atoms with Gasteiger partial charge in [0.15, 0.2) is 0 Å². The van der Waals surface area contributed by atoms with E-state index in [0.29, 0.717) is 12.2 Å². The summed E-state index contributed by atoms with van der Waals surface area (Å²) < 4.78 is 11.2. The minimum absolute atomic E-state index is 0.132. The van der Waals surface area contributed by atoms with Gasteiger partial charge in [-0.2, -0.15) is 0 Å². The van der Waals surface area contributed by atoms with Crippen LogP contribution in [0, 0.1) is 11.8 Å². The molecule has 0 heterocycles. The second kappa shape index (κ2) is 8.42. The number of ether oxygens (including phenoxy) is 2. The average Bonchev–Trinajstić information content (AvgIpc) is 2.66. The molecule has 0 N–H and O–H groups in total. The van der Waals surface area contributed by atoms with Gasteiger partial charge in [-0.1, -0.05) is 30.2 Å². The van der Waals surface area contributed by atoms with Crippen LogP contribution < -0.4 is 4.74 Å². The Bertz CT molecular complexity index is 1010. The van der Waals surface area contributed by atoms with Crippen LogP contribution in [-0.2, 0) is 11.3 Å². The Hall–Kier alpha value is -3.25. The second-order valence-electron chi connectivity index (χ2n) is 6.54. The van der Waals surface area contributed by atoms with E-state index in [1.165, 1.54) is 0 Å². The predicted molar refractivity (Wildman–Crippen MR) is 108 cm³/mol. The number of carbonyl (C=O) groups excluding carboxylic acids is 1. The molecule has 0 aliphatic heterocycles. The number of carbonyl (C=O) groups is 1. The lowest BCUT2D eigenvalue weighted by atomic mass is 10.1. The summed E-state index contributed by atoms with van der Waals surface area (Å²) in [5, 5.41) is 1.99. The number of rotatable bonds is 5. The van der Waals surface area contributed by atoms with Gasteiger partial charge < -0.3 is 9.47 Å². The van der Waals surface area contributed by atoms with Crippen molar-refractivity contribution in [3.05, 3.63) is 77.4 Å². The number of esters is 1. The summed E-state index contributed by atoms with van der Waals surface area (Å²) in [5.41, 5.74) is 2.64. The topological polar surface area (TPSA) is 35.5 Å². The molecule has 136 valence electrons. The molecule has 0 radical (unpaired) electrons. The number of hydrogen-bond donors (Lipinski definition) is 0. The van der Waals surface area contributed by atoms with Crippen molar-refractivity contribution in [1.29, 1.82) is 0 Å². The zero-order valence-corrected chi connectivity index (χ0v) is 15.8. The molecule has 0 fully saturated rings. The Morgan fingerprint density at radius 3 is 2.37 bits per heavy atom. The molecule has 0 aliphatic rings. The van der Waals surface area contributed by atoms with Crippen molar-refractivity contribution < 1.29 is 14.3 Å². The van der Waals surface area contributed by atoms with Crippen molar-refractivity contribution in [2.24, 2.45) is 0 Å². The van der Waals surface area contributed by atoms with E-state index in [4.69, 9.17) is 9.47 Å². The zero-order chi connectivity index (χ0) is 19.2. The van der Waals surface area contributed by atoms with Gasteiger partial charge in [0.25, 0.3) is 0 Å². The molecular formula is C24H22O3. The standard InChI is InChI=1S/C24H22O3/c1-4-5-18-6-8-19(9-7-18)16-26-23-13-12-20-14-22(11-10-21(20)15-23)24(25)27-17(2)3/h6-15,17H,16H2,1-3H3. The van der Waals surface area contributed by atoms with Crippen LogP contribution in [0.5, 0.6) is 5.75 Å². The van der Waals surface area contributed by atoms with E-state index >= 15 is 0 Å². The molecule has 0 spiro atoms. The molecular weight excluding hydrogens is 336 g/mol. The highest BCUT2D eigenvalue weighted by Gasteiger charge is 2.10. The second-order valence-corrected chi connectivity index (χ2v) is 6.54. The highest BCUT2D eigenvalue weighted by molar-refractivity contribution is 5.95. The Kier molecular flexibility index (Phi) is 5.78. The summed E-state index contributed by atoms with van der Waals surface area (Å²) >= 11 is 0. The fourth-order valence-corrected chi connectivity index (χ4v) is 2.72. The van der Waals surface area contributed by atoms with E-state index < -0.39 is 0 Å². The zero-order valence-electron chi connectivity index (χ0n) is 15.8. The molecule has 0 aromatic heterocycles. The highest BCUT2D eigenvalue weighted by atomic mass is 16.5. The van der Waals surface area contributed by atoms with Crippen molar-refractivity contribution >= 4 is 16.7 Å². The summed E-state index contributed by atoms with van der Waals surface area (Å²) in [7, 11) is 0. The van der Waals surface area contributed by atoms with Crippen molar-refractivity contribution in [2.75, 3.05) is 0 Å². The van der Waals surface area contributed by atoms with E-state index in [0.717, 1.165) is 27.6 Å². The van der Waals surface area contributed by atoms with Gasteiger partial charge in [0.2, 0.25) is 0 Å². The third-order valence-electron chi connectivity index (χ3n) is 4.02. The van der Waals surface area contributed by atoms with Gasteiger partial charge in [-0.3, -0.25) is 0 Å². The SMILES string of the molecule is CC#Cc1ccc(COc2ccc3cc(C(=O)OC(C)C)ccc3c2)cc1. The third kappa shape index (κ3) is 4.89. The summed E-state index contributed by atoms with van der Waals surface area (Å²) in [6.45, 7) is 6.00. The molecule has 0 unspecified atom stereocenters. The van der Waals surface area contributed by atoms with E-state index in [1.54, 1.807) is 6.07 Å². The Balaban J connectivity index is 1.70. The normalized spacial score (nSPS) is 10.4. The van der Waals surface area contributed by atoms with E-state index in [2.05, 4.69) is 11.8 Å². The molecule has 0 atom stereocenters. The van der Waals surface area contributed by atoms with Gasteiger partial charge in [-0.05, 0) is 73.5 Å². The molecule has 3 nitrogen and oxygen atoms in total. The lowest BCUT2D eigenvalue weighted by Crippen LogP contribution is -2.11. The van der Waals surface area contributed by atoms with Gasteiger partial charge in [0.1, 0.15) is 12.4 Å². The number of hydrogen-bond acceptors (Lipinski definition) is 3. The van der Waals surface area contributed by atoms with Crippen LogP contribution in [0.15, 0.2) is 60.7 Å². The summed E-state index contributed by atoms with van der Waals surface area (Å²) in [6.07, 6.45) is -0.132. The lowest BCUT2D eigenvalue weighted by Gasteiger charge is -2.10. The average molecular weight is 358 g/mol. The van der Waals surface area contributed by atoms with Crippen LogP contribution in [0.2, 0.25) is 0 Å². The Morgan fingerprint density at radius 2 is 1.67 bits per heavy atom. The molecule has 27 heavy (non-hydrogen) atoms. The first kappa shape index (κ1) is 18.5. The molecule has 3 aromatic carbocycles. The van der Waals surface area contributed by atoms with E-state index in [-0.39, 0.29) is 12.1 Å². The van der Waals surface area contributed by atoms with Gasteiger partial charge in [-0.15, -0.1) is 5.92 Å². The molecule has 0 bridgehead atoms. The summed E-state index contributed by atoms with van der Waals surface area (Å²) in [4.78, 5) is 12.0. The van der Waals surface area contributed by atoms with Crippen LogP contribution in [0.25, 0.3) is 10.8 Å². The van der Waals surface area contributed by atoms with Gasteiger partial charge in [-0.25, -0.2) is 4.79 Å². The van der Waals surface area contributed by atoms with Crippen LogP contribution in [0.3, 0.4) is 0 Å². The molecule has 0 saturated carbocycles. The van der Waals surface area contributed by atoms with Crippen LogP contribution >= 0.6 is 0 Å². The van der Waals surface area contributed by atoms with Crippen LogP contribution in [-0.4, -0.2) is 12.1 Å². The van der Waals surface area contributed by atoms with Crippen molar-refractivity contribution in [2.45, 2.75) is 33.5 Å². The van der Waals surface area contributed by atoms with Crippen molar-refractivity contribution in [3.8, 4) is 17.6 Å². The first-order chi connectivity index (χ1) is 13.0. The molecule has 3 rings (SSSR count). The van der Waals surface area contributed by atoms with E-state index in [1.807, 2.05) is 75.4 Å². The monoisotopic (exact) mass is 358 g/mol. The maximum atomic E-state index is 12.0. The summed E-state index contributed by atoms with van der Waals surface area (Å²) in [6, 6.07) is 19.4. The molecule has 3 aromatic rings. The number of fused-ring (bicyclic) bond motifs is 1. The van der Waals surface area contributed by atoms with Crippen molar-refractivity contribution in [1.82, 2.24) is 0 Å². The highest BCUT2D eigenvalue weighted by Crippen LogP contribution is 2.23. The third-order valence-corrected chi connectivity index (χ3v) is 4.02. The number of benzene rings is 3. The predicted octanol–water partition coefficient (Wildman–Crippen LogP) is 5.36. The first-order valence-electron chi connectivity index (χ1n) is 8.94. The Morgan fingerprint density at radius 1 is 0.963 bits per heavy atom. The maximum absolute atomic E-state index is 12.0. The van der Waals surface area contributed by atoms with Gasteiger partial charge in [0.05, 0.1) is 11.7 Å².